The molecule has 5 heteroatoms. The highest BCUT2D eigenvalue weighted by molar-refractivity contribution is 6.02. The Labute approximate surface area is 142 Å². The molecule has 0 spiro atoms. The minimum absolute atomic E-state index is 0.117. The molecule has 3 amide bonds. The van der Waals surface area contributed by atoms with Crippen molar-refractivity contribution < 1.29 is 9.59 Å². The number of piperidine rings is 1. The van der Waals surface area contributed by atoms with Crippen molar-refractivity contribution in [3.63, 3.8) is 0 Å². The largest absolute Gasteiger partial charge is 0.335 e. The van der Waals surface area contributed by atoms with Crippen LogP contribution >= 0.6 is 0 Å². The first-order valence-electron chi connectivity index (χ1n) is 9.25. The quantitative estimate of drug-likeness (QED) is 0.867. The second kappa shape index (κ2) is 6.46. The van der Waals surface area contributed by atoms with Gasteiger partial charge in [-0.25, -0.2) is 4.79 Å². The van der Waals surface area contributed by atoms with Crippen molar-refractivity contribution in [1.29, 1.82) is 0 Å². The third-order valence-electron chi connectivity index (χ3n) is 5.62. The van der Waals surface area contributed by atoms with Crippen LogP contribution in [0.25, 0.3) is 0 Å². The van der Waals surface area contributed by atoms with Gasteiger partial charge in [0.1, 0.15) is 0 Å². The van der Waals surface area contributed by atoms with Crippen LogP contribution in [0, 0.1) is 0 Å². The number of anilines is 1. The zero-order chi connectivity index (χ0) is 16.5. The summed E-state index contributed by atoms with van der Waals surface area (Å²) in [6, 6.07) is 5.95. The fourth-order valence-electron chi connectivity index (χ4n) is 4.44. The minimum atomic E-state index is -0.142. The van der Waals surface area contributed by atoms with E-state index >= 15 is 0 Å². The van der Waals surface area contributed by atoms with Crippen LogP contribution in [0.5, 0.6) is 0 Å². The van der Waals surface area contributed by atoms with Crippen molar-refractivity contribution in [3.05, 3.63) is 29.3 Å². The molecule has 0 bridgehead atoms. The van der Waals surface area contributed by atoms with Gasteiger partial charge in [0.15, 0.2) is 0 Å². The van der Waals surface area contributed by atoms with Crippen LogP contribution in [0.15, 0.2) is 18.2 Å². The number of hydrogen-bond acceptors (Lipinski definition) is 2. The van der Waals surface area contributed by atoms with Gasteiger partial charge in [-0.1, -0.05) is 25.3 Å². The van der Waals surface area contributed by atoms with Crippen molar-refractivity contribution >= 4 is 17.6 Å². The van der Waals surface area contributed by atoms with Crippen LogP contribution < -0.4 is 10.6 Å². The minimum Gasteiger partial charge on any atom is -0.335 e. The van der Waals surface area contributed by atoms with Gasteiger partial charge < -0.3 is 15.5 Å². The van der Waals surface area contributed by atoms with Gasteiger partial charge >= 0.3 is 6.03 Å². The monoisotopic (exact) mass is 327 g/mol. The maximum atomic E-state index is 12.6. The summed E-state index contributed by atoms with van der Waals surface area (Å²) < 4.78 is 0. The average molecular weight is 327 g/mol. The van der Waals surface area contributed by atoms with E-state index in [1.807, 2.05) is 23.1 Å². The summed E-state index contributed by atoms with van der Waals surface area (Å²) in [6.45, 7) is 0.825. The summed E-state index contributed by atoms with van der Waals surface area (Å²) >= 11 is 0. The fourth-order valence-corrected chi connectivity index (χ4v) is 4.44. The maximum absolute atomic E-state index is 12.6. The molecule has 0 radical (unpaired) electrons. The molecule has 3 aliphatic rings. The summed E-state index contributed by atoms with van der Waals surface area (Å²) in [5, 5.41) is 6.11. The smallest absolute Gasteiger partial charge is 0.319 e. The lowest BCUT2D eigenvalue weighted by molar-refractivity contribution is 0.0672. The van der Waals surface area contributed by atoms with Crippen LogP contribution in [0.4, 0.5) is 10.5 Å². The molecule has 128 valence electrons. The molecule has 0 aromatic heterocycles. The van der Waals surface area contributed by atoms with E-state index in [9.17, 15) is 9.59 Å². The molecule has 2 heterocycles. The Hall–Kier alpha value is -2.04. The first kappa shape index (κ1) is 15.5. The van der Waals surface area contributed by atoms with Crippen molar-refractivity contribution in [2.24, 2.45) is 0 Å². The van der Waals surface area contributed by atoms with Crippen molar-refractivity contribution in [1.82, 2.24) is 10.2 Å². The molecule has 1 unspecified atom stereocenters. The van der Waals surface area contributed by atoms with E-state index < -0.39 is 0 Å². The summed E-state index contributed by atoms with van der Waals surface area (Å²) in [5.41, 5.74) is 2.57. The average Bonchev–Trinajstić information content (AvgIpc) is 2.90. The molecule has 2 aliphatic heterocycles. The molecular weight excluding hydrogens is 302 g/mol. The Bertz CT molecular complexity index is 652. The maximum Gasteiger partial charge on any atom is 0.319 e. The summed E-state index contributed by atoms with van der Waals surface area (Å²) in [7, 11) is 0. The van der Waals surface area contributed by atoms with E-state index in [-0.39, 0.29) is 24.0 Å². The lowest BCUT2D eigenvalue weighted by atomic mass is 9.95. The number of carbonyl (C=O) groups excluding carboxylic acids is 2. The molecule has 1 aromatic carbocycles. The standard InChI is InChI=1S/C19H25N3O2/c23-18-14-9-6-10-15(17(14)16-11-4-5-12-22(16)18)21-19(24)20-13-7-2-1-3-8-13/h6,9-10,13,16H,1-5,7-8,11-12H2,(H2,20,21,24). The number of carbonyl (C=O) groups is 2. The van der Waals surface area contributed by atoms with Gasteiger partial charge in [0.2, 0.25) is 0 Å². The second-order valence-corrected chi connectivity index (χ2v) is 7.21. The molecule has 1 saturated heterocycles. The van der Waals surface area contributed by atoms with E-state index in [2.05, 4.69) is 10.6 Å². The summed E-state index contributed by atoms with van der Waals surface area (Å²) in [6.07, 6.45) is 8.98. The molecule has 1 aromatic rings. The van der Waals surface area contributed by atoms with E-state index in [1.54, 1.807) is 0 Å². The van der Waals surface area contributed by atoms with Gasteiger partial charge in [-0.15, -0.1) is 0 Å². The lowest BCUT2D eigenvalue weighted by Gasteiger charge is -2.30. The van der Waals surface area contributed by atoms with E-state index in [1.165, 1.54) is 19.3 Å². The normalized spacial score (nSPS) is 23.6. The zero-order valence-electron chi connectivity index (χ0n) is 14.0. The number of fused-ring (bicyclic) bond motifs is 3. The molecule has 2 N–H and O–H groups in total. The van der Waals surface area contributed by atoms with Gasteiger partial charge in [0, 0.05) is 29.4 Å². The third kappa shape index (κ3) is 2.76. The summed E-state index contributed by atoms with van der Waals surface area (Å²) in [4.78, 5) is 27.0. The Balaban J connectivity index is 1.52. The van der Waals surface area contributed by atoms with E-state index in [0.29, 0.717) is 0 Å². The van der Waals surface area contributed by atoms with Crippen LogP contribution in [0.2, 0.25) is 0 Å². The van der Waals surface area contributed by atoms with Gasteiger partial charge in [0.25, 0.3) is 5.91 Å². The summed E-state index contributed by atoms with van der Waals surface area (Å²) in [5.74, 6) is 0.117. The number of amides is 3. The van der Waals surface area contributed by atoms with Gasteiger partial charge in [0.05, 0.1) is 6.04 Å². The van der Waals surface area contributed by atoms with Crippen molar-refractivity contribution in [3.8, 4) is 0 Å². The highest BCUT2D eigenvalue weighted by Gasteiger charge is 2.39. The van der Waals surface area contributed by atoms with Crippen LogP contribution in [0.3, 0.4) is 0 Å². The highest BCUT2D eigenvalue weighted by Crippen LogP contribution is 2.43. The zero-order valence-corrected chi connectivity index (χ0v) is 14.0. The molecule has 4 rings (SSSR count). The molecular formula is C19H25N3O2. The Morgan fingerprint density at radius 1 is 1.04 bits per heavy atom. The predicted octanol–water partition coefficient (Wildman–Crippen LogP) is 3.82. The Morgan fingerprint density at radius 3 is 2.67 bits per heavy atom. The van der Waals surface area contributed by atoms with Gasteiger partial charge in [-0.05, 0) is 44.2 Å². The Kier molecular flexibility index (Phi) is 4.17. The number of benzene rings is 1. The molecule has 2 fully saturated rings. The number of urea groups is 1. The van der Waals surface area contributed by atoms with Crippen LogP contribution in [0.1, 0.15) is 73.3 Å². The topological polar surface area (TPSA) is 61.4 Å². The molecule has 1 saturated carbocycles. The predicted molar refractivity (Wildman–Crippen MR) is 93.1 cm³/mol. The second-order valence-electron chi connectivity index (χ2n) is 7.21. The molecule has 1 aliphatic carbocycles. The number of rotatable bonds is 2. The highest BCUT2D eigenvalue weighted by atomic mass is 16.2. The van der Waals surface area contributed by atoms with Gasteiger partial charge in [-0.2, -0.15) is 0 Å². The molecule has 1 atom stereocenters. The van der Waals surface area contributed by atoms with E-state index in [0.717, 1.165) is 55.5 Å². The Morgan fingerprint density at radius 2 is 1.83 bits per heavy atom. The fraction of sp³-hybridized carbons (Fsp3) is 0.579. The molecule has 24 heavy (non-hydrogen) atoms. The van der Waals surface area contributed by atoms with Crippen LogP contribution in [-0.2, 0) is 0 Å². The third-order valence-corrected chi connectivity index (χ3v) is 5.62. The number of nitrogens with one attached hydrogen (secondary N) is 2. The number of hydrogen-bond donors (Lipinski definition) is 2. The SMILES string of the molecule is O=C(Nc1cccc2c1C1CCCCN1C2=O)NC1CCCCC1. The first-order chi connectivity index (χ1) is 11.7. The van der Waals surface area contributed by atoms with E-state index in [4.69, 9.17) is 0 Å². The lowest BCUT2D eigenvalue weighted by Crippen LogP contribution is -2.39. The van der Waals surface area contributed by atoms with Crippen LogP contribution in [-0.4, -0.2) is 29.4 Å². The molecule has 5 nitrogen and oxygen atoms in total. The number of nitrogens with zero attached hydrogens (tertiary/aromatic N) is 1. The van der Waals surface area contributed by atoms with Crippen molar-refractivity contribution in [2.75, 3.05) is 11.9 Å². The van der Waals surface area contributed by atoms with Crippen molar-refractivity contribution in [2.45, 2.75) is 63.5 Å². The first-order valence-corrected chi connectivity index (χ1v) is 9.25. The van der Waals surface area contributed by atoms with Gasteiger partial charge in [-0.3, -0.25) is 4.79 Å².